The molecular weight excluding hydrogens is 286 g/mol. The number of aryl methyl sites for hydroxylation is 1. The van der Waals surface area contributed by atoms with Crippen molar-refractivity contribution in [2.24, 2.45) is 0 Å². The van der Waals surface area contributed by atoms with Crippen molar-refractivity contribution in [1.82, 2.24) is 4.98 Å². The molecule has 5 nitrogen and oxygen atoms in total. The van der Waals surface area contributed by atoms with Crippen molar-refractivity contribution >= 4 is 33.1 Å². The van der Waals surface area contributed by atoms with Gasteiger partial charge in [-0.1, -0.05) is 17.7 Å². The van der Waals surface area contributed by atoms with Gasteiger partial charge in [-0.15, -0.1) is 0 Å². The van der Waals surface area contributed by atoms with E-state index in [4.69, 9.17) is 17.3 Å². The first-order valence-electron chi connectivity index (χ1n) is 5.39. The summed E-state index contributed by atoms with van der Waals surface area (Å²) in [4.78, 5) is 3.87. The van der Waals surface area contributed by atoms with Crippen LogP contribution in [0.2, 0.25) is 5.02 Å². The van der Waals surface area contributed by atoms with Gasteiger partial charge in [0.05, 0.1) is 10.7 Å². The lowest BCUT2D eigenvalue weighted by Gasteiger charge is -2.10. The smallest absolute Gasteiger partial charge is 0.265 e. The molecule has 19 heavy (non-hydrogen) atoms. The zero-order valence-electron chi connectivity index (χ0n) is 10.1. The minimum Gasteiger partial charge on any atom is -0.398 e. The highest BCUT2D eigenvalue weighted by atomic mass is 35.5. The first-order chi connectivity index (χ1) is 8.90. The van der Waals surface area contributed by atoms with Gasteiger partial charge in [0.15, 0.2) is 5.82 Å². The third-order valence-electron chi connectivity index (χ3n) is 2.44. The van der Waals surface area contributed by atoms with Gasteiger partial charge in [-0.25, -0.2) is 13.4 Å². The van der Waals surface area contributed by atoms with E-state index in [0.717, 1.165) is 5.56 Å². The van der Waals surface area contributed by atoms with Crippen LogP contribution in [0.3, 0.4) is 0 Å². The van der Waals surface area contributed by atoms with Crippen LogP contribution in [0.5, 0.6) is 0 Å². The van der Waals surface area contributed by atoms with E-state index >= 15 is 0 Å². The number of hydrogen-bond acceptors (Lipinski definition) is 4. The van der Waals surface area contributed by atoms with Crippen molar-refractivity contribution in [2.45, 2.75) is 11.8 Å². The molecule has 0 bridgehead atoms. The Hall–Kier alpha value is -1.79. The van der Waals surface area contributed by atoms with E-state index in [1.807, 2.05) is 6.92 Å². The summed E-state index contributed by atoms with van der Waals surface area (Å²) in [6.07, 6.45) is 1.45. The molecule has 0 aliphatic heterocycles. The van der Waals surface area contributed by atoms with Crippen LogP contribution < -0.4 is 10.5 Å². The van der Waals surface area contributed by atoms with Gasteiger partial charge >= 0.3 is 0 Å². The highest BCUT2D eigenvalue weighted by molar-refractivity contribution is 7.92. The van der Waals surface area contributed by atoms with Crippen LogP contribution in [0.25, 0.3) is 0 Å². The zero-order chi connectivity index (χ0) is 14.0. The maximum Gasteiger partial charge on any atom is 0.265 e. The molecule has 7 heteroatoms. The van der Waals surface area contributed by atoms with Crippen molar-refractivity contribution in [2.75, 3.05) is 10.5 Å². The summed E-state index contributed by atoms with van der Waals surface area (Å²) in [6, 6.07) is 7.87. The maximum absolute atomic E-state index is 12.2. The maximum atomic E-state index is 12.2. The van der Waals surface area contributed by atoms with Gasteiger partial charge in [0, 0.05) is 6.20 Å². The molecule has 0 fully saturated rings. The molecule has 2 aromatic rings. The second-order valence-corrected chi connectivity index (χ2v) is 6.04. The lowest BCUT2D eigenvalue weighted by molar-refractivity contribution is 0.601. The molecular formula is C12H12ClN3O2S. The molecule has 0 unspecified atom stereocenters. The second-order valence-electron chi connectivity index (χ2n) is 3.98. The Morgan fingerprint density at radius 3 is 2.68 bits per heavy atom. The van der Waals surface area contributed by atoms with Crippen molar-refractivity contribution < 1.29 is 8.42 Å². The van der Waals surface area contributed by atoms with Crippen LogP contribution in [0.1, 0.15) is 5.56 Å². The lowest BCUT2D eigenvalue weighted by atomic mass is 10.2. The average molecular weight is 298 g/mol. The third kappa shape index (κ3) is 2.97. The van der Waals surface area contributed by atoms with Gasteiger partial charge in [-0.05, 0) is 36.8 Å². The number of nitrogen functional groups attached to an aromatic ring is 1. The topological polar surface area (TPSA) is 85.1 Å². The van der Waals surface area contributed by atoms with Gasteiger partial charge in [0.25, 0.3) is 10.0 Å². The fourth-order valence-electron chi connectivity index (χ4n) is 1.56. The molecule has 3 N–H and O–H groups in total. The van der Waals surface area contributed by atoms with E-state index in [9.17, 15) is 8.42 Å². The molecule has 0 aliphatic rings. The van der Waals surface area contributed by atoms with E-state index in [-0.39, 0.29) is 21.4 Å². The zero-order valence-corrected chi connectivity index (χ0v) is 11.7. The third-order valence-corrected chi connectivity index (χ3v) is 4.16. The molecule has 0 saturated carbocycles. The molecule has 1 aromatic carbocycles. The minimum absolute atomic E-state index is 0.000167. The fourth-order valence-corrected chi connectivity index (χ4v) is 2.92. The van der Waals surface area contributed by atoms with Crippen LogP contribution in [0, 0.1) is 6.92 Å². The average Bonchev–Trinajstić information content (AvgIpc) is 2.31. The summed E-state index contributed by atoms with van der Waals surface area (Å²) in [5.41, 5.74) is 6.79. The highest BCUT2D eigenvalue weighted by Crippen LogP contribution is 2.24. The number of halogens is 1. The van der Waals surface area contributed by atoms with E-state index in [2.05, 4.69) is 9.71 Å². The van der Waals surface area contributed by atoms with E-state index < -0.39 is 10.0 Å². The fraction of sp³-hybridized carbons (Fsp3) is 0.0833. The van der Waals surface area contributed by atoms with Crippen LogP contribution in [-0.2, 0) is 10.0 Å². The monoisotopic (exact) mass is 297 g/mol. The minimum atomic E-state index is -3.81. The standard InChI is InChI=1S/C12H12ClN3O2S/c1-8-4-5-11(10(14)7-8)19(17,18)16-12-9(13)3-2-6-15-12/h2-7H,14H2,1H3,(H,15,16). The predicted octanol–water partition coefficient (Wildman–Crippen LogP) is 2.43. The molecule has 0 atom stereocenters. The van der Waals surface area contributed by atoms with Gasteiger partial charge in [-0.3, -0.25) is 4.72 Å². The summed E-state index contributed by atoms with van der Waals surface area (Å²) < 4.78 is 26.7. The molecule has 0 spiro atoms. The molecule has 2 rings (SSSR count). The van der Waals surface area contributed by atoms with Gasteiger partial charge < -0.3 is 5.73 Å². The van der Waals surface area contributed by atoms with Crippen molar-refractivity contribution in [3.05, 3.63) is 47.1 Å². The lowest BCUT2D eigenvalue weighted by Crippen LogP contribution is -2.16. The van der Waals surface area contributed by atoms with E-state index in [1.54, 1.807) is 24.3 Å². The Bertz CT molecular complexity index is 717. The summed E-state index contributed by atoms with van der Waals surface area (Å²) in [7, 11) is -3.81. The van der Waals surface area contributed by atoms with Crippen molar-refractivity contribution in [1.29, 1.82) is 0 Å². The molecule has 0 aliphatic carbocycles. The number of hydrogen-bond donors (Lipinski definition) is 2. The number of anilines is 2. The summed E-state index contributed by atoms with van der Waals surface area (Å²) in [5.74, 6) is 0.0733. The Morgan fingerprint density at radius 1 is 1.32 bits per heavy atom. The number of rotatable bonds is 3. The number of aromatic nitrogens is 1. The largest absolute Gasteiger partial charge is 0.398 e. The summed E-state index contributed by atoms with van der Waals surface area (Å²) in [5, 5.41) is 0.219. The van der Waals surface area contributed by atoms with Crippen molar-refractivity contribution in [3.8, 4) is 0 Å². The predicted molar refractivity (Wildman–Crippen MR) is 75.6 cm³/mol. The van der Waals surface area contributed by atoms with Crippen molar-refractivity contribution in [3.63, 3.8) is 0 Å². The number of nitrogens with one attached hydrogen (secondary N) is 1. The molecule has 0 saturated heterocycles. The first-order valence-corrected chi connectivity index (χ1v) is 7.26. The molecule has 0 amide bonds. The van der Waals surface area contributed by atoms with Crippen LogP contribution in [-0.4, -0.2) is 13.4 Å². The summed E-state index contributed by atoms with van der Waals surface area (Å²) >= 11 is 5.86. The number of pyridine rings is 1. The number of nitrogens with zero attached hydrogens (tertiary/aromatic N) is 1. The van der Waals surface area contributed by atoms with Gasteiger partial charge in [0.1, 0.15) is 4.90 Å². The summed E-state index contributed by atoms with van der Waals surface area (Å²) in [6.45, 7) is 1.83. The number of benzene rings is 1. The first kappa shape index (κ1) is 13.6. The van der Waals surface area contributed by atoms with Gasteiger partial charge in [-0.2, -0.15) is 0 Å². The quantitative estimate of drug-likeness (QED) is 0.852. The molecule has 0 radical (unpaired) electrons. The number of nitrogens with two attached hydrogens (primary N) is 1. The highest BCUT2D eigenvalue weighted by Gasteiger charge is 2.19. The Morgan fingerprint density at radius 2 is 2.05 bits per heavy atom. The second kappa shape index (κ2) is 5.07. The van der Waals surface area contributed by atoms with Gasteiger partial charge in [0.2, 0.25) is 0 Å². The molecule has 1 heterocycles. The normalized spacial score (nSPS) is 11.3. The Labute approximate surface area is 116 Å². The van der Waals surface area contributed by atoms with Crippen LogP contribution in [0.15, 0.2) is 41.4 Å². The number of sulfonamides is 1. The van der Waals surface area contributed by atoms with E-state index in [0.29, 0.717) is 0 Å². The molecule has 100 valence electrons. The Balaban J connectivity index is 2.41. The van der Waals surface area contributed by atoms with Crippen LogP contribution in [0.4, 0.5) is 11.5 Å². The van der Waals surface area contributed by atoms with E-state index in [1.165, 1.54) is 12.3 Å². The molecule has 1 aromatic heterocycles. The SMILES string of the molecule is Cc1ccc(S(=O)(=O)Nc2ncccc2Cl)c(N)c1. The van der Waals surface area contributed by atoms with Crippen LogP contribution >= 0.6 is 11.6 Å². The Kier molecular flexibility index (Phi) is 3.64.